The quantitative estimate of drug-likeness (QED) is 0.619. The number of hydrogen-bond donors (Lipinski definition) is 0. The minimum absolute atomic E-state index is 0.0797. The zero-order valence-corrected chi connectivity index (χ0v) is 8.02. The molecule has 0 unspecified atom stereocenters. The Morgan fingerprint density at radius 1 is 1.25 bits per heavy atom. The summed E-state index contributed by atoms with van der Waals surface area (Å²) in [4.78, 5) is 10.9. The lowest BCUT2D eigenvalue weighted by molar-refractivity contribution is -0.117. The van der Waals surface area contributed by atoms with E-state index in [1.165, 1.54) is 24.8 Å². The highest BCUT2D eigenvalue weighted by atomic mass is 35.5. The first-order valence-electron chi connectivity index (χ1n) is 4.54. The van der Waals surface area contributed by atoms with E-state index in [4.69, 9.17) is 11.6 Å². The molecule has 0 aromatic rings. The molecule has 0 aromatic heterocycles. The molecule has 0 spiro atoms. The predicted molar refractivity (Wildman–Crippen MR) is 51.2 cm³/mol. The Hall–Kier alpha value is -0.300. The van der Waals surface area contributed by atoms with Crippen LogP contribution in [0, 0.1) is 5.41 Å². The van der Waals surface area contributed by atoms with Crippen LogP contribution in [0.1, 0.15) is 38.5 Å². The molecule has 1 aliphatic carbocycles. The highest BCUT2D eigenvalue weighted by Crippen LogP contribution is 2.37. The standard InChI is InChI=1S/C10H15ClO/c11-8-4-7-10(9-12)5-2-1-3-6-10/h4,8-9H,1-3,5-7H2/b8-4+. The Balaban J connectivity index is 2.53. The lowest BCUT2D eigenvalue weighted by atomic mass is 9.73. The summed E-state index contributed by atoms with van der Waals surface area (Å²) < 4.78 is 0. The van der Waals surface area contributed by atoms with Gasteiger partial charge in [0.05, 0.1) is 0 Å². The molecule has 1 nitrogen and oxygen atoms in total. The van der Waals surface area contributed by atoms with Crippen molar-refractivity contribution in [3.63, 3.8) is 0 Å². The molecule has 2 heteroatoms. The number of halogens is 1. The van der Waals surface area contributed by atoms with Gasteiger partial charge in [-0.3, -0.25) is 0 Å². The third-order valence-electron chi connectivity index (χ3n) is 2.71. The normalized spacial score (nSPS) is 22.8. The highest BCUT2D eigenvalue weighted by Gasteiger charge is 2.29. The first-order valence-corrected chi connectivity index (χ1v) is 4.98. The summed E-state index contributed by atoms with van der Waals surface area (Å²) in [5.41, 5.74) is 1.43. The fourth-order valence-electron chi connectivity index (χ4n) is 1.91. The highest BCUT2D eigenvalue weighted by molar-refractivity contribution is 6.25. The van der Waals surface area contributed by atoms with Gasteiger partial charge in [0.25, 0.3) is 0 Å². The number of hydrogen-bond acceptors (Lipinski definition) is 1. The third kappa shape index (κ3) is 2.34. The van der Waals surface area contributed by atoms with E-state index in [-0.39, 0.29) is 5.41 Å². The van der Waals surface area contributed by atoms with Crippen LogP contribution in [0.4, 0.5) is 0 Å². The molecular weight excluding hydrogens is 172 g/mol. The first-order chi connectivity index (χ1) is 5.83. The van der Waals surface area contributed by atoms with Crippen LogP contribution in [-0.2, 0) is 4.79 Å². The van der Waals surface area contributed by atoms with E-state index in [2.05, 4.69) is 0 Å². The Morgan fingerprint density at radius 3 is 2.42 bits per heavy atom. The van der Waals surface area contributed by atoms with Crippen molar-refractivity contribution in [1.29, 1.82) is 0 Å². The van der Waals surface area contributed by atoms with E-state index in [1.54, 1.807) is 0 Å². The Labute approximate surface area is 78.8 Å². The van der Waals surface area contributed by atoms with Crippen molar-refractivity contribution in [1.82, 2.24) is 0 Å². The Morgan fingerprint density at radius 2 is 1.92 bits per heavy atom. The summed E-state index contributed by atoms with van der Waals surface area (Å²) in [6, 6.07) is 0. The minimum Gasteiger partial charge on any atom is -0.303 e. The van der Waals surface area contributed by atoms with E-state index in [1.807, 2.05) is 6.08 Å². The molecule has 1 saturated carbocycles. The number of allylic oxidation sites excluding steroid dienone is 1. The number of carbonyl (C=O) groups excluding carboxylic acids is 1. The van der Waals surface area contributed by atoms with Crippen molar-refractivity contribution < 1.29 is 4.79 Å². The van der Waals surface area contributed by atoms with E-state index in [0.717, 1.165) is 25.5 Å². The SMILES string of the molecule is O=CC1(C/C=C/Cl)CCCCC1. The molecule has 0 saturated heterocycles. The predicted octanol–water partition coefficient (Wildman–Crippen LogP) is 3.28. The number of rotatable bonds is 3. The lowest BCUT2D eigenvalue weighted by Gasteiger charge is -2.30. The van der Waals surface area contributed by atoms with E-state index >= 15 is 0 Å². The summed E-state index contributed by atoms with van der Waals surface area (Å²) in [5, 5.41) is 0. The summed E-state index contributed by atoms with van der Waals surface area (Å²) in [6.45, 7) is 0. The van der Waals surface area contributed by atoms with Gasteiger partial charge in [-0.05, 0) is 19.3 Å². The second-order valence-electron chi connectivity index (χ2n) is 3.61. The molecule has 0 atom stereocenters. The summed E-state index contributed by atoms with van der Waals surface area (Å²) in [7, 11) is 0. The van der Waals surface area contributed by atoms with Crippen LogP contribution < -0.4 is 0 Å². The maximum atomic E-state index is 10.9. The average molecular weight is 187 g/mol. The molecular formula is C10H15ClO. The van der Waals surface area contributed by atoms with Gasteiger partial charge in [0.1, 0.15) is 6.29 Å². The molecule has 1 rings (SSSR count). The van der Waals surface area contributed by atoms with Crippen molar-refractivity contribution in [2.24, 2.45) is 5.41 Å². The molecule has 1 aliphatic rings. The molecule has 0 aromatic carbocycles. The van der Waals surface area contributed by atoms with E-state index in [0.29, 0.717) is 0 Å². The summed E-state index contributed by atoms with van der Waals surface area (Å²) >= 11 is 5.44. The van der Waals surface area contributed by atoms with Gasteiger partial charge in [-0.2, -0.15) is 0 Å². The maximum Gasteiger partial charge on any atom is 0.126 e. The molecule has 0 aliphatic heterocycles. The van der Waals surface area contributed by atoms with E-state index < -0.39 is 0 Å². The van der Waals surface area contributed by atoms with Crippen LogP contribution in [0.15, 0.2) is 11.6 Å². The zero-order chi connectivity index (χ0) is 8.86. The average Bonchev–Trinajstić information content (AvgIpc) is 2.16. The molecule has 0 bridgehead atoms. The van der Waals surface area contributed by atoms with Gasteiger partial charge in [-0.1, -0.05) is 36.9 Å². The second-order valence-corrected chi connectivity index (χ2v) is 3.86. The second kappa shape index (κ2) is 4.66. The molecule has 0 radical (unpaired) electrons. The third-order valence-corrected chi connectivity index (χ3v) is 2.89. The van der Waals surface area contributed by atoms with Gasteiger partial charge in [-0.25, -0.2) is 0 Å². The van der Waals surface area contributed by atoms with Crippen molar-refractivity contribution in [3.05, 3.63) is 11.6 Å². The van der Waals surface area contributed by atoms with Gasteiger partial charge in [0.15, 0.2) is 0 Å². The number of aldehydes is 1. The summed E-state index contributed by atoms with van der Waals surface area (Å²) in [5.74, 6) is 0. The largest absolute Gasteiger partial charge is 0.303 e. The zero-order valence-electron chi connectivity index (χ0n) is 7.26. The van der Waals surface area contributed by atoms with Crippen molar-refractivity contribution >= 4 is 17.9 Å². The van der Waals surface area contributed by atoms with Crippen molar-refractivity contribution in [2.75, 3.05) is 0 Å². The van der Waals surface area contributed by atoms with Crippen LogP contribution in [0.25, 0.3) is 0 Å². The molecule has 0 amide bonds. The van der Waals surface area contributed by atoms with Crippen molar-refractivity contribution in [2.45, 2.75) is 38.5 Å². The van der Waals surface area contributed by atoms with Gasteiger partial charge in [0, 0.05) is 11.0 Å². The van der Waals surface area contributed by atoms with Gasteiger partial charge in [-0.15, -0.1) is 0 Å². The lowest BCUT2D eigenvalue weighted by Crippen LogP contribution is -2.24. The monoisotopic (exact) mass is 186 g/mol. The minimum atomic E-state index is -0.0797. The van der Waals surface area contributed by atoms with Crippen LogP contribution in [-0.4, -0.2) is 6.29 Å². The van der Waals surface area contributed by atoms with Crippen LogP contribution in [0.5, 0.6) is 0 Å². The molecule has 1 fully saturated rings. The smallest absolute Gasteiger partial charge is 0.126 e. The fraction of sp³-hybridized carbons (Fsp3) is 0.700. The van der Waals surface area contributed by atoms with Gasteiger partial charge in [0.2, 0.25) is 0 Å². The fourth-order valence-corrected chi connectivity index (χ4v) is 1.99. The molecule has 68 valence electrons. The topological polar surface area (TPSA) is 17.1 Å². The maximum absolute atomic E-state index is 10.9. The van der Waals surface area contributed by atoms with Crippen molar-refractivity contribution in [3.8, 4) is 0 Å². The van der Waals surface area contributed by atoms with Crippen LogP contribution in [0.3, 0.4) is 0 Å². The molecule has 12 heavy (non-hydrogen) atoms. The van der Waals surface area contributed by atoms with Gasteiger partial charge >= 0.3 is 0 Å². The molecule has 0 heterocycles. The first kappa shape index (κ1) is 9.79. The number of carbonyl (C=O) groups is 1. The Kier molecular flexibility index (Phi) is 3.80. The summed E-state index contributed by atoms with van der Waals surface area (Å²) in [6.07, 6.45) is 9.57. The van der Waals surface area contributed by atoms with Gasteiger partial charge < -0.3 is 4.79 Å². The van der Waals surface area contributed by atoms with Crippen LogP contribution in [0.2, 0.25) is 0 Å². The van der Waals surface area contributed by atoms with Crippen LogP contribution >= 0.6 is 11.6 Å². The Bertz CT molecular complexity index is 169. The van der Waals surface area contributed by atoms with E-state index in [9.17, 15) is 4.79 Å². The molecule has 0 N–H and O–H groups in total.